The summed E-state index contributed by atoms with van der Waals surface area (Å²) in [5.74, 6) is 0.664. The van der Waals surface area contributed by atoms with Crippen molar-refractivity contribution in [3.8, 4) is 0 Å². The van der Waals surface area contributed by atoms with E-state index in [-0.39, 0.29) is 6.04 Å². The number of methoxy groups -OCH3 is 1. The molecule has 3 nitrogen and oxygen atoms in total. The van der Waals surface area contributed by atoms with Gasteiger partial charge in [-0.1, -0.05) is 12.1 Å². The molecule has 100 valence electrons. The molecule has 3 heteroatoms. The topological polar surface area (TPSA) is 38.5 Å². The van der Waals surface area contributed by atoms with Gasteiger partial charge in [0.05, 0.1) is 6.61 Å². The van der Waals surface area contributed by atoms with Crippen LogP contribution in [0.1, 0.15) is 31.4 Å². The molecular weight excluding hydrogens is 224 g/mol. The lowest BCUT2D eigenvalue weighted by Crippen LogP contribution is -2.37. The number of benzene rings is 1. The van der Waals surface area contributed by atoms with Gasteiger partial charge in [0, 0.05) is 31.9 Å². The summed E-state index contributed by atoms with van der Waals surface area (Å²) in [4.78, 5) is 2.46. The van der Waals surface area contributed by atoms with Gasteiger partial charge in [0.1, 0.15) is 0 Å². The van der Waals surface area contributed by atoms with E-state index in [1.165, 1.54) is 24.1 Å². The minimum absolute atomic E-state index is 0.113. The fraction of sp³-hybridized carbons (Fsp3) is 0.600. The van der Waals surface area contributed by atoms with Crippen LogP contribution in [-0.4, -0.2) is 26.8 Å². The summed E-state index contributed by atoms with van der Waals surface area (Å²) in [5, 5.41) is 0. The Bertz CT molecular complexity index is 359. The van der Waals surface area contributed by atoms with Crippen LogP contribution in [0.3, 0.4) is 0 Å². The lowest BCUT2D eigenvalue weighted by Gasteiger charge is -2.34. The number of piperidine rings is 1. The van der Waals surface area contributed by atoms with Crippen LogP contribution < -0.4 is 10.6 Å². The van der Waals surface area contributed by atoms with E-state index in [4.69, 9.17) is 10.5 Å². The molecule has 18 heavy (non-hydrogen) atoms. The average molecular weight is 248 g/mol. The Labute approximate surface area is 110 Å². The molecule has 0 spiro atoms. The second-order valence-electron chi connectivity index (χ2n) is 5.29. The van der Waals surface area contributed by atoms with Gasteiger partial charge in [0.2, 0.25) is 0 Å². The first-order valence-electron chi connectivity index (χ1n) is 6.80. The summed E-state index contributed by atoms with van der Waals surface area (Å²) in [6.07, 6.45) is 2.53. The second kappa shape index (κ2) is 6.21. The first-order chi connectivity index (χ1) is 8.70. The normalized spacial score (nSPS) is 21.9. The highest BCUT2D eigenvalue weighted by Gasteiger charge is 2.19. The molecule has 1 heterocycles. The fourth-order valence-corrected chi connectivity index (χ4v) is 2.66. The summed E-state index contributed by atoms with van der Waals surface area (Å²) >= 11 is 0. The number of rotatable bonds is 4. The zero-order chi connectivity index (χ0) is 13.0. The van der Waals surface area contributed by atoms with E-state index in [9.17, 15) is 0 Å². The van der Waals surface area contributed by atoms with Gasteiger partial charge in [-0.05, 0) is 43.4 Å². The summed E-state index contributed by atoms with van der Waals surface area (Å²) in [7, 11) is 1.79. The third-order valence-corrected chi connectivity index (χ3v) is 3.71. The molecule has 0 radical (unpaired) electrons. The number of hydrogen-bond donors (Lipinski definition) is 1. The Kier molecular flexibility index (Phi) is 4.61. The van der Waals surface area contributed by atoms with Gasteiger partial charge in [-0.2, -0.15) is 0 Å². The van der Waals surface area contributed by atoms with Crippen LogP contribution in [0.25, 0.3) is 0 Å². The molecule has 1 aliphatic rings. The minimum atomic E-state index is 0.113. The molecule has 1 saturated heterocycles. The highest BCUT2D eigenvalue weighted by atomic mass is 16.5. The highest BCUT2D eigenvalue weighted by molar-refractivity contribution is 5.48. The molecule has 2 rings (SSSR count). The van der Waals surface area contributed by atoms with Gasteiger partial charge < -0.3 is 15.4 Å². The van der Waals surface area contributed by atoms with Crippen LogP contribution in [0.4, 0.5) is 5.69 Å². The summed E-state index contributed by atoms with van der Waals surface area (Å²) < 4.78 is 5.27. The van der Waals surface area contributed by atoms with Crippen molar-refractivity contribution in [1.29, 1.82) is 0 Å². The SMILES string of the molecule is COCC1CCCN(c2ccc([C@@H](C)N)cc2)C1. The van der Waals surface area contributed by atoms with E-state index in [0.717, 1.165) is 19.7 Å². The number of nitrogens with zero attached hydrogens (tertiary/aromatic N) is 1. The van der Waals surface area contributed by atoms with Crippen LogP contribution in [0, 0.1) is 5.92 Å². The molecule has 0 aliphatic carbocycles. The van der Waals surface area contributed by atoms with E-state index in [1.807, 2.05) is 6.92 Å². The standard InChI is InChI=1S/C15H24N2O/c1-12(16)14-5-7-15(8-6-14)17-9-3-4-13(10-17)11-18-2/h5-8,12-13H,3-4,9-11,16H2,1-2H3/t12-,13?/m1/s1. The maximum atomic E-state index is 5.87. The van der Waals surface area contributed by atoms with Crippen molar-refractivity contribution >= 4 is 5.69 Å². The predicted molar refractivity (Wildman–Crippen MR) is 75.9 cm³/mol. The van der Waals surface area contributed by atoms with E-state index in [1.54, 1.807) is 7.11 Å². The molecule has 0 aromatic heterocycles. The second-order valence-corrected chi connectivity index (χ2v) is 5.29. The van der Waals surface area contributed by atoms with Crippen molar-refractivity contribution in [3.05, 3.63) is 29.8 Å². The zero-order valence-corrected chi connectivity index (χ0v) is 11.4. The first-order valence-corrected chi connectivity index (χ1v) is 6.80. The number of anilines is 1. The Hall–Kier alpha value is -1.06. The van der Waals surface area contributed by atoms with Crippen LogP contribution in [-0.2, 0) is 4.74 Å². The third-order valence-electron chi connectivity index (χ3n) is 3.71. The van der Waals surface area contributed by atoms with Crippen molar-refractivity contribution in [2.24, 2.45) is 11.7 Å². The van der Waals surface area contributed by atoms with Crippen LogP contribution in [0.2, 0.25) is 0 Å². The van der Waals surface area contributed by atoms with Gasteiger partial charge in [-0.15, -0.1) is 0 Å². The zero-order valence-electron chi connectivity index (χ0n) is 11.4. The highest BCUT2D eigenvalue weighted by Crippen LogP contribution is 2.24. The molecule has 1 unspecified atom stereocenters. The lowest BCUT2D eigenvalue weighted by molar-refractivity contribution is 0.143. The number of ether oxygens (including phenoxy) is 1. The van der Waals surface area contributed by atoms with Crippen LogP contribution >= 0.6 is 0 Å². The number of hydrogen-bond acceptors (Lipinski definition) is 3. The molecule has 0 bridgehead atoms. The molecular formula is C15H24N2O. The van der Waals surface area contributed by atoms with Gasteiger partial charge in [-0.3, -0.25) is 0 Å². The van der Waals surface area contributed by atoms with Crippen LogP contribution in [0.5, 0.6) is 0 Å². The summed E-state index contributed by atoms with van der Waals surface area (Å²) in [5.41, 5.74) is 8.38. The van der Waals surface area contributed by atoms with Crippen molar-refractivity contribution in [2.45, 2.75) is 25.8 Å². The van der Waals surface area contributed by atoms with Gasteiger partial charge in [0.15, 0.2) is 0 Å². The van der Waals surface area contributed by atoms with Crippen molar-refractivity contribution in [3.63, 3.8) is 0 Å². The Morgan fingerprint density at radius 3 is 2.72 bits per heavy atom. The lowest BCUT2D eigenvalue weighted by atomic mass is 9.98. The van der Waals surface area contributed by atoms with Gasteiger partial charge in [-0.25, -0.2) is 0 Å². The molecule has 1 aliphatic heterocycles. The molecule has 1 fully saturated rings. The number of nitrogens with two attached hydrogens (primary N) is 1. The van der Waals surface area contributed by atoms with Crippen molar-refractivity contribution < 1.29 is 4.74 Å². The quantitative estimate of drug-likeness (QED) is 0.890. The molecule has 1 aromatic rings. The first kappa shape index (κ1) is 13.4. The molecule has 1 aromatic carbocycles. The largest absolute Gasteiger partial charge is 0.384 e. The minimum Gasteiger partial charge on any atom is -0.384 e. The molecule has 0 saturated carbocycles. The van der Waals surface area contributed by atoms with E-state index in [2.05, 4.69) is 29.2 Å². The van der Waals surface area contributed by atoms with E-state index < -0.39 is 0 Å². The maximum Gasteiger partial charge on any atom is 0.0507 e. The predicted octanol–water partition coefficient (Wildman–Crippen LogP) is 2.57. The Morgan fingerprint density at radius 1 is 1.39 bits per heavy atom. The molecule has 2 N–H and O–H groups in total. The smallest absolute Gasteiger partial charge is 0.0507 e. The molecule has 0 amide bonds. The Morgan fingerprint density at radius 2 is 2.11 bits per heavy atom. The fourth-order valence-electron chi connectivity index (χ4n) is 2.66. The Balaban J connectivity index is 2.02. The van der Waals surface area contributed by atoms with Gasteiger partial charge in [0.25, 0.3) is 0 Å². The van der Waals surface area contributed by atoms with Crippen molar-refractivity contribution in [1.82, 2.24) is 0 Å². The van der Waals surface area contributed by atoms with E-state index >= 15 is 0 Å². The van der Waals surface area contributed by atoms with Gasteiger partial charge >= 0.3 is 0 Å². The summed E-state index contributed by atoms with van der Waals surface area (Å²) in [6, 6.07) is 8.77. The average Bonchev–Trinajstić information content (AvgIpc) is 2.39. The summed E-state index contributed by atoms with van der Waals surface area (Å²) in [6.45, 7) is 5.14. The molecule has 2 atom stereocenters. The maximum absolute atomic E-state index is 5.87. The van der Waals surface area contributed by atoms with Crippen molar-refractivity contribution in [2.75, 3.05) is 31.7 Å². The third kappa shape index (κ3) is 3.24. The van der Waals surface area contributed by atoms with Crippen LogP contribution in [0.15, 0.2) is 24.3 Å². The van der Waals surface area contributed by atoms with E-state index in [0.29, 0.717) is 5.92 Å². The monoisotopic (exact) mass is 248 g/mol.